The lowest BCUT2D eigenvalue weighted by molar-refractivity contribution is 0.102. The van der Waals surface area contributed by atoms with E-state index >= 15 is 0 Å². The van der Waals surface area contributed by atoms with Crippen molar-refractivity contribution in [2.75, 3.05) is 5.32 Å². The molecule has 1 aromatic carbocycles. The van der Waals surface area contributed by atoms with Crippen molar-refractivity contribution < 1.29 is 9.18 Å². The van der Waals surface area contributed by atoms with Crippen molar-refractivity contribution in [2.24, 2.45) is 7.05 Å². The van der Waals surface area contributed by atoms with E-state index in [1.165, 1.54) is 16.8 Å². The van der Waals surface area contributed by atoms with E-state index < -0.39 is 11.7 Å². The molecule has 1 amide bonds. The fourth-order valence-electron chi connectivity index (χ4n) is 2.79. The highest BCUT2D eigenvalue weighted by Crippen LogP contribution is 2.26. The number of nitrogens with one attached hydrogen (secondary N) is 1. The number of carbonyl (C=O) groups is 1. The van der Waals surface area contributed by atoms with Crippen LogP contribution in [0.25, 0.3) is 16.9 Å². The molecule has 0 atom stereocenters. The fourth-order valence-corrected chi connectivity index (χ4v) is 2.79. The van der Waals surface area contributed by atoms with E-state index in [9.17, 15) is 9.18 Å². The Morgan fingerprint density at radius 1 is 1.14 bits per heavy atom. The van der Waals surface area contributed by atoms with Crippen molar-refractivity contribution in [1.82, 2.24) is 34.7 Å². The lowest BCUT2D eigenvalue weighted by Crippen LogP contribution is -2.12. The molecule has 0 aliphatic rings. The van der Waals surface area contributed by atoms with Crippen LogP contribution in [0.3, 0.4) is 0 Å². The topological polar surface area (TPSA) is 103 Å². The van der Waals surface area contributed by atoms with E-state index in [-0.39, 0.29) is 11.4 Å². The number of amides is 1. The van der Waals surface area contributed by atoms with E-state index in [4.69, 9.17) is 0 Å². The number of nitrogens with zero attached hydrogens (tertiary/aromatic N) is 7. The highest BCUT2D eigenvalue weighted by molar-refractivity contribution is 6.04. The van der Waals surface area contributed by atoms with Gasteiger partial charge < -0.3 is 5.32 Å². The summed E-state index contributed by atoms with van der Waals surface area (Å²) in [4.78, 5) is 17.0. The average molecular weight is 378 g/mol. The van der Waals surface area contributed by atoms with Gasteiger partial charge in [0, 0.05) is 23.9 Å². The molecule has 4 aromatic rings. The predicted molar refractivity (Wildman–Crippen MR) is 98.2 cm³/mol. The number of pyridine rings is 1. The summed E-state index contributed by atoms with van der Waals surface area (Å²) in [5, 5.41) is 17.6. The van der Waals surface area contributed by atoms with Gasteiger partial charge in [-0.1, -0.05) is 5.21 Å². The molecule has 10 heteroatoms. The van der Waals surface area contributed by atoms with Gasteiger partial charge in [-0.15, -0.1) is 15.3 Å². The number of aryl methyl sites for hydroxylation is 2. The Balaban J connectivity index is 1.66. The second-order valence-electron chi connectivity index (χ2n) is 6.13. The first kappa shape index (κ1) is 17.5. The first-order valence-corrected chi connectivity index (χ1v) is 8.31. The quantitative estimate of drug-likeness (QED) is 0.584. The van der Waals surface area contributed by atoms with Gasteiger partial charge in [-0.3, -0.25) is 14.0 Å². The van der Waals surface area contributed by atoms with Crippen LogP contribution in [0.15, 0.2) is 49.2 Å². The summed E-state index contributed by atoms with van der Waals surface area (Å²) in [5.41, 5.74) is 2.11. The predicted octanol–water partition coefficient (Wildman–Crippen LogP) is 2.16. The maximum Gasteiger partial charge on any atom is 0.257 e. The van der Waals surface area contributed by atoms with Gasteiger partial charge in [-0.2, -0.15) is 0 Å². The zero-order valence-corrected chi connectivity index (χ0v) is 15.0. The van der Waals surface area contributed by atoms with Crippen LogP contribution in [0.4, 0.5) is 10.2 Å². The molecule has 0 aliphatic carbocycles. The number of aromatic nitrogens is 7. The summed E-state index contributed by atoms with van der Waals surface area (Å²) in [5.74, 6) is -0.0743. The molecule has 4 rings (SSSR count). The van der Waals surface area contributed by atoms with Crippen LogP contribution in [0.5, 0.6) is 0 Å². The molecule has 0 spiro atoms. The molecule has 0 unspecified atom stereocenters. The van der Waals surface area contributed by atoms with Crippen LogP contribution in [0, 0.1) is 12.7 Å². The number of halogens is 1. The maximum absolute atomic E-state index is 14.2. The third-order valence-corrected chi connectivity index (χ3v) is 4.07. The Hall–Kier alpha value is -3.95. The number of benzene rings is 1. The van der Waals surface area contributed by atoms with Crippen LogP contribution >= 0.6 is 0 Å². The molecule has 0 saturated carbocycles. The Morgan fingerprint density at radius 3 is 2.61 bits per heavy atom. The summed E-state index contributed by atoms with van der Waals surface area (Å²) in [6.45, 7) is 1.81. The molecular weight excluding hydrogens is 363 g/mol. The molecule has 0 bridgehead atoms. The smallest absolute Gasteiger partial charge is 0.257 e. The summed E-state index contributed by atoms with van der Waals surface area (Å²) >= 11 is 0. The number of hydrogen-bond acceptors (Lipinski definition) is 6. The molecule has 0 saturated heterocycles. The summed E-state index contributed by atoms with van der Waals surface area (Å²) in [7, 11) is 1.68. The van der Waals surface area contributed by atoms with Crippen LogP contribution in [-0.4, -0.2) is 40.6 Å². The van der Waals surface area contributed by atoms with E-state index in [1.807, 2.05) is 13.0 Å². The molecule has 0 fully saturated rings. The first-order valence-electron chi connectivity index (χ1n) is 8.31. The van der Waals surface area contributed by atoms with Crippen molar-refractivity contribution in [3.63, 3.8) is 0 Å². The number of anilines is 1. The van der Waals surface area contributed by atoms with E-state index in [0.717, 1.165) is 0 Å². The fraction of sp³-hybridized carbons (Fsp3) is 0.111. The number of carbonyl (C=O) groups excluding carboxylic acids is 1. The van der Waals surface area contributed by atoms with Gasteiger partial charge in [-0.25, -0.2) is 9.37 Å². The van der Waals surface area contributed by atoms with E-state index in [2.05, 4.69) is 30.8 Å². The van der Waals surface area contributed by atoms with Crippen molar-refractivity contribution in [3.8, 4) is 16.9 Å². The molecule has 0 aliphatic heterocycles. The van der Waals surface area contributed by atoms with Gasteiger partial charge in [0.25, 0.3) is 5.91 Å². The first-order chi connectivity index (χ1) is 13.5. The molecule has 140 valence electrons. The van der Waals surface area contributed by atoms with E-state index in [0.29, 0.717) is 22.6 Å². The Kier molecular flexibility index (Phi) is 4.36. The molecule has 3 aromatic heterocycles. The second kappa shape index (κ2) is 6.99. The van der Waals surface area contributed by atoms with Gasteiger partial charge in [0.2, 0.25) is 0 Å². The minimum atomic E-state index is -0.524. The second-order valence-corrected chi connectivity index (χ2v) is 6.13. The van der Waals surface area contributed by atoms with Gasteiger partial charge >= 0.3 is 0 Å². The molecule has 0 radical (unpaired) electrons. The minimum Gasteiger partial charge on any atom is -0.304 e. The molecule has 1 N–H and O–H groups in total. The SMILES string of the molecule is Cc1nc(-n2cnnc2)ccc1-c1cc(F)cc(C(=O)Nc2cn(C)nn2)c1. The Morgan fingerprint density at radius 2 is 1.93 bits per heavy atom. The van der Waals surface area contributed by atoms with Gasteiger partial charge in [0.15, 0.2) is 5.82 Å². The summed E-state index contributed by atoms with van der Waals surface area (Å²) in [6, 6.07) is 7.73. The summed E-state index contributed by atoms with van der Waals surface area (Å²) in [6.07, 6.45) is 4.63. The molecule has 9 nitrogen and oxygen atoms in total. The molecule has 28 heavy (non-hydrogen) atoms. The zero-order valence-electron chi connectivity index (χ0n) is 15.0. The Labute approximate surface area is 158 Å². The van der Waals surface area contributed by atoms with Gasteiger partial charge in [0.05, 0.1) is 6.20 Å². The van der Waals surface area contributed by atoms with Crippen LogP contribution in [0.2, 0.25) is 0 Å². The largest absolute Gasteiger partial charge is 0.304 e. The number of hydrogen-bond donors (Lipinski definition) is 1. The highest BCUT2D eigenvalue weighted by Gasteiger charge is 2.14. The molecule has 3 heterocycles. The van der Waals surface area contributed by atoms with Crippen molar-refractivity contribution in [3.05, 3.63) is 66.3 Å². The third-order valence-electron chi connectivity index (χ3n) is 4.07. The lowest BCUT2D eigenvalue weighted by Gasteiger charge is -2.10. The van der Waals surface area contributed by atoms with Crippen LogP contribution in [0.1, 0.15) is 16.1 Å². The monoisotopic (exact) mass is 378 g/mol. The van der Waals surface area contributed by atoms with Crippen LogP contribution in [-0.2, 0) is 7.05 Å². The zero-order chi connectivity index (χ0) is 19.7. The van der Waals surface area contributed by atoms with Crippen molar-refractivity contribution in [1.29, 1.82) is 0 Å². The van der Waals surface area contributed by atoms with Crippen molar-refractivity contribution >= 4 is 11.7 Å². The highest BCUT2D eigenvalue weighted by atomic mass is 19.1. The lowest BCUT2D eigenvalue weighted by atomic mass is 10.0. The van der Waals surface area contributed by atoms with Gasteiger partial charge in [-0.05, 0) is 42.8 Å². The third kappa shape index (κ3) is 3.47. The minimum absolute atomic E-state index is 0.169. The molecular formula is C18H15FN8O. The normalized spacial score (nSPS) is 10.8. The van der Waals surface area contributed by atoms with Crippen LogP contribution < -0.4 is 5.32 Å². The van der Waals surface area contributed by atoms with E-state index in [1.54, 1.807) is 42.6 Å². The van der Waals surface area contributed by atoms with Crippen molar-refractivity contribution in [2.45, 2.75) is 6.92 Å². The number of rotatable bonds is 4. The maximum atomic E-state index is 14.2. The van der Waals surface area contributed by atoms with Gasteiger partial charge in [0.1, 0.15) is 24.3 Å². The summed E-state index contributed by atoms with van der Waals surface area (Å²) < 4.78 is 17.3. The average Bonchev–Trinajstić information content (AvgIpc) is 3.33. The standard InChI is InChI=1S/C18H15FN8O/c1-11-15(3-4-17(22-11)27-9-20-21-10-27)12-5-13(7-14(19)6-12)18(28)23-16-8-26(2)25-24-16/h3-10H,1-2H3,(H,23,28). The Bertz CT molecular complexity index is 1150.